The van der Waals surface area contributed by atoms with Gasteiger partial charge in [-0.1, -0.05) is 32.1 Å². The standard InChI is InChI=1S/C21H26N2O5/c1-6-9-15(7-2)21(3)18(25)22(4)20(27)23(19(21)26)13-17(24)14-10-8-11-16(12-14)28-5/h8-12H,6-7,13H2,1-5H3/b15-9+. The van der Waals surface area contributed by atoms with Crippen molar-refractivity contribution in [1.82, 2.24) is 9.80 Å². The molecule has 1 aliphatic heterocycles. The zero-order valence-corrected chi connectivity index (χ0v) is 16.9. The third-order valence-corrected chi connectivity index (χ3v) is 5.09. The van der Waals surface area contributed by atoms with Crippen molar-refractivity contribution in [2.24, 2.45) is 5.41 Å². The SMILES string of the molecule is CC/C=C(\CC)C1(C)C(=O)N(C)C(=O)N(CC(=O)c2cccc(OC)c2)C1=O. The van der Waals surface area contributed by atoms with Gasteiger partial charge in [0, 0.05) is 12.6 Å². The number of amides is 4. The fourth-order valence-corrected chi connectivity index (χ4v) is 3.45. The smallest absolute Gasteiger partial charge is 0.333 e. The lowest BCUT2D eigenvalue weighted by Gasteiger charge is -2.42. The van der Waals surface area contributed by atoms with Crippen molar-refractivity contribution in [1.29, 1.82) is 0 Å². The molecule has 1 saturated heterocycles. The summed E-state index contributed by atoms with van der Waals surface area (Å²) in [5.74, 6) is -1.16. The van der Waals surface area contributed by atoms with Gasteiger partial charge in [0.1, 0.15) is 11.2 Å². The third kappa shape index (κ3) is 3.56. The number of hydrogen-bond acceptors (Lipinski definition) is 5. The summed E-state index contributed by atoms with van der Waals surface area (Å²) in [4.78, 5) is 53.2. The van der Waals surface area contributed by atoms with E-state index in [2.05, 4.69) is 0 Å². The fraction of sp³-hybridized carbons (Fsp3) is 0.429. The van der Waals surface area contributed by atoms with Gasteiger partial charge in [-0.15, -0.1) is 0 Å². The van der Waals surface area contributed by atoms with Crippen LogP contribution in [0.25, 0.3) is 0 Å². The molecular formula is C21H26N2O5. The highest BCUT2D eigenvalue weighted by Crippen LogP contribution is 2.37. The van der Waals surface area contributed by atoms with Crippen molar-refractivity contribution in [3.63, 3.8) is 0 Å². The lowest BCUT2D eigenvalue weighted by Crippen LogP contribution is -2.64. The minimum Gasteiger partial charge on any atom is -0.497 e. The maximum Gasteiger partial charge on any atom is 0.333 e. The molecule has 0 bridgehead atoms. The maximum absolute atomic E-state index is 13.2. The monoisotopic (exact) mass is 386 g/mol. The molecule has 7 heteroatoms. The molecule has 1 unspecified atom stereocenters. The van der Waals surface area contributed by atoms with Crippen LogP contribution in [-0.4, -0.2) is 54.1 Å². The van der Waals surface area contributed by atoms with E-state index >= 15 is 0 Å². The first-order valence-corrected chi connectivity index (χ1v) is 9.23. The maximum atomic E-state index is 13.2. The minimum atomic E-state index is -1.50. The Morgan fingerprint density at radius 1 is 1.18 bits per heavy atom. The second kappa shape index (κ2) is 8.37. The summed E-state index contributed by atoms with van der Waals surface area (Å²) in [7, 11) is 2.82. The van der Waals surface area contributed by atoms with E-state index in [1.54, 1.807) is 24.3 Å². The van der Waals surface area contributed by atoms with Crippen molar-refractivity contribution in [3.05, 3.63) is 41.5 Å². The topological polar surface area (TPSA) is 84.0 Å². The Morgan fingerprint density at radius 3 is 2.43 bits per heavy atom. The number of nitrogens with zero attached hydrogens (tertiary/aromatic N) is 2. The average Bonchev–Trinajstić information content (AvgIpc) is 2.72. The molecule has 7 nitrogen and oxygen atoms in total. The van der Waals surface area contributed by atoms with Crippen LogP contribution in [0.5, 0.6) is 5.75 Å². The number of ether oxygens (including phenoxy) is 1. The number of benzene rings is 1. The molecule has 0 aromatic heterocycles. The van der Waals surface area contributed by atoms with Gasteiger partial charge in [-0.25, -0.2) is 4.79 Å². The Hall–Kier alpha value is -2.96. The number of carbonyl (C=O) groups is 4. The lowest BCUT2D eigenvalue weighted by atomic mass is 9.76. The normalized spacial score (nSPS) is 20.6. The number of carbonyl (C=O) groups excluding carboxylic acids is 4. The summed E-state index contributed by atoms with van der Waals surface area (Å²) in [6, 6.07) is 5.69. The Morgan fingerprint density at radius 2 is 1.86 bits per heavy atom. The van der Waals surface area contributed by atoms with Gasteiger partial charge in [0.05, 0.1) is 13.7 Å². The molecule has 1 aromatic rings. The Balaban J connectivity index is 2.41. The van der Waals surface area contributed by atoms with Gasteiger partial charge in [-0.3, -0.25) is 24.2 Å². The molecule has 1 aromatic carbocycles. The summed E-state index contributed by atoms with van der Waals surface area (Å²) in [6.07, 6.45) is 2.97. The molecule has 1 atom stereocenters. The van der Waals surface area contributed by atoms with E-state index in [4.69, 9.17) is 4.74 Å². The van der Waals surface area contributed by atoms with Gasteiger partial charge in [0.25, 0.3) is 5.91 Å². The molecule has 0 aliphatic carbocycles. The van der Waals surface area contributed by atoms with Crippen molar-refractivity contribution in [2.45, 2.75) is 33.6 Å². The first kappa shape index (κ1) is 21.3. The molecule has 4 amide bonds. The molecule has 2 rings (SSSR count). The molecule has 150 valence electrons. The number of hydrogen-bond donors (Lipinski definition) is 0. The molecule has 1 fully saturated rings. The van der Waals surface area contributed by atoms with Crippen LogP contribution in [0.1, 0.15) is 44.0 Å². The molecule has 0 saturated carbocycles. The summed E-state index contributed by atoms with van der Waals surface area (Å²) >= 11 is 0. The van der Waals surface area contributed by atoms with Crippen LogP contribution in [0.4, 0.5) is 4.79 Å². The van der Waals surface area contributed by atoms with Crippen LogP contribution in [0, 0.1) is 5.41 Å². The predicted octanol–water partition coefficient (Wildman–Crippen LogP) is 3.05. The number of allylic oxidation sites excluding steroid dienone is 1. The van der Waals surface area contributed by atoms with Crippen molar-refractivity contribution in [2.75, 3.05) is 20.7 Å². The zero-order valence-electron chi connectivity index (χ0n) is 16.9. The zero-order chi connectivity index (χ0) is 21.1. The summed E-state index contributed by atoms with van der Waals surface area (Å²) in [6.45, 7) is 4.85. The number of imide groups is 2. The third-order valence-electron chi connectivity index (χ3n) is 5.09. The van der Waals surface area contributed by atoms with Crippen molar-refractivity contribution < 1.29 is 23.9 Å². The summed E-state index contributed by atoms with van der Waals surface area (Å²) < 4.78 is 5.11. The predicted molar refractivity (Wildman–Crippen MR) is 104 cm³/mol. The molecule has 28 heavy (non-hydrogen) atoms. The number of rotatable bonds is 7. The molecular weight excluding hydrogens is 360 g/mol. The van der Waals surface area contributed by atoms with E-state index in [1.165, 1.54) is 21.1 Å². The molecule has 0 spiro atoms. The second-order valence-electron chi connectivity index (χ2n) is 6.81. The van der Waals surface area contributed by atoms with Gasteiger partial charge in [-0.05, 0) is 37.5 Å². The summed E-state index contributed by atoms with van der Waals surface area (Å²) in [5, 5.41) is 0. The Bertz CT molecular complexity index is 845. The van der Waals surface area contributed by atoms with E-state index in [0.717, 1.165) is 9.80 Å². The van der Waals surface area contributed by atoms with E-state index in [-0.39, 0.29) is 0 Å². The minimum absolute atomic E-state index is 0.320. The molecule has 1 heterocycles. The van der Waals surface area contributed by atoms with Gasteiger partial charge >= 0.3 is 6.03 Å². The lowest BCUT2D eigenvalue weighted by molar-refractivity contribution is -0.153. The quantitative estimate of drug-likeness (QED) is 0.409. The molecule has 0 radical (unpaired) electrons. The van der Waals surface area contributed by atoms with E-state index in [1.807, 2.05) is 19.9 Å². The van der Waals surface area contributed by atoms with Crippen LogP contribution in [0.3, 0.4) is 0 Å². The first-order valence-electron chi connectivity index (χ1n) is 9.23. The van der Waals surface area contributed by atoms with Gasteiger partial charge in [-0.2, -0.15) is 0 Å². The fourth-order valence-electron chi connectivity index (χ4n) is 3.45. The molecule has 1 aliphatic rings. The van der Waals surface area contributed by atoms with Crippen LogP contribution in [0.2, 0.25) is 0 Å². The van der Waals surface area contributed by atoms with E-state index in [0.29, 0.717) is 29.7 Å². The van der Waals surface area contributed by atoms with Gasteiger partial charge in [0.2, 0.25) is 5.91 Å². The number of barbiturate groups is 1. The Labute approximate surface area is 164 Å². The second-order valence-corrected chi connectivity index (χ2v) is 6.81. The first-order chi connectivity index (χ1) is 13.2. The van der Waals surface area contributed by atoms with E-state index in [9.17, 15) is 19.2 Å². The van der Waals surface area contributed by atoms with Crippen LogP contribution in [-0.2, 0) is 9.59 Å². The van der Waals surface area contributed by atoms with Gasteiger partial charge < -0.3 is 4.74 Å². The summed E-state index contributed by atoms with van der Waals surface area (Å²) in [5.41, 5.74) is -0.536. The van der Waals surface area contributed by atoms with Crippen LogP contribution in [0.15, 0.2) is 35.9 Å². The average molecular weight is 386 g/mol. The highest BCUT2D eigenvalue weighted by molar-refractivity contribution is 6.21. The highest BCUT2D eigenvalue weighted by atomic mass is 16.5. The van der Waals surface area contributed by atoms with Gasteiger partial charge in [0.15, 0.2) is 5.78 Å². The number of methoxy groups -OCH3 is 1. The Kier molecular flexibility index (Phi) is 6.38. The van der Waals surface area contributed by atoms with Crippen LogP contribution < -0.4 is 4.74 Å². The van der Waals surface area contributed by atoms with Crippen LogP contribution >= 0.6 is 0 Å². The van der Waals surface area contributed by atoms with E-state index < -0.39 is 35.6 Å². The highest BCUT2D eigenvalue weighted by Gasteiger charge is 2.55. The number of ketones is 1. The van der Waals surface area contributed by atoms with Crippen molar-refractivity contribution >= 4 is 23.6 Å². The number of urea groups is 1. The van der Waals surface area contributed by atoms with Crippen molar-refractivity contribution in [3.8, 4) is 5.75 Å². The largest absolute Gasteiger partial charge is 0.497 e. The molecule has 0 N–H and O–H groups in total. The number of Topliss-reactive ketones (excluding diaryl/α,β-unsaturated/α-hetero) is 1.